The molecule has 4 heterocycles. The number of nitrogens with zero attached hydrogens (tertiary/aromatic N) is 5. The number of ether oxygens (including phenoxy) is 1. The van der Waals surface area contributed by atoms with E-state index < -0.39 is 24.4 Å². The smallest absolute Gasteiger partial charge is 0.378 e. The van der Waals surface area contributed by atoms with Gasteiger partial charge in [0.05, 0.1) is 37.2 Å². The van der Waals surface area contributed by atoms with Crippen molar-refractivity contribution in [3.63, 3.8) is 0 Å². The number of aryl methyl sites for hydroxylation is 2. The first-order valence-electron chi connectivity index (χ1n) is 12.5. The van der Waals surface area contributed by atoms with E-state index in [9.17, 15) is 22.4 Å². The zero-order chi connectivity index (χ0) is 27.7. The molecule has 2 aliphatic heterocycles. The van der Waals surface area contributed by atoms with Gasteiger partial charge in [0.25, 0.3) is 0 Å². The number of morpholine rings is 1. The third-order valence-corrected chi connectivity index (χ3v) is 6.72. The molecule has 1 fully saturated rings. The van der Waals surface area contributed by atoms with Crippen molar-refractivity contribution in [1.29, 1.82) is 0 Å². The SMILES string of the molecule is Cc1cc(F)c(NC(=O)N2CC=C(CC(F)(F)F)C2)cc1-c1cc(-c2cnn(C)c2)nc(N2CCOCC2)c1. The Labute approximate surface area is 222 Å². The maximum Gasteiger partial charge on any atom is 0.392 e. The van der Waals surface area contributed by atoms with Gasteiger partial charge in [-0.2, -0.15) is 18.3 Å². The summed E-state index contributed by atoms with van der Waals surface area (Å²) in [6, 6.07) is 6.03. The first-order valence-corrected chi connectivity index (χ1v) is 12.5. The van der Waals surface area contributed by atoms with Crippen LogP contribution in [-0.2, 0) is 11.8 Å². The summed E-state index contributed by atoms with van der Waals surface area (Å²) in [5, 5.41) is 6.79. The van der Waals surface area contributed by atoms with Gasteiger partial charge in [-0.3, -0.25) is 4.68 Å². The van der Waals surface area contributed by atoms with Crippen LogP contribution in [0, 0.1) is 12.7 Å². The van der Waals surface area contributed by atoms with E-state index >= 15 is 0 Å². The third-order valence-electron chi connectivity index (χ3n) is 6.72. The number of hydrogen-bond donors (Lipinski definition) is 1. The molecule has 0 radical (unpaired) electrons. The maximum absolute atomic E-state index is 15.0. The first-order chi connectivity index (χ1) is 18.6. The number of urea groups is 1. The molecule has 5 rings (SSSR count). The molecule has 1 N–H and O–H groups in total. The summed E-state index contributed by atoms with van der Waals surface area (Å²) in [6.45, 7) is 4.15. The lowest BCUT2D eigenvalue weighted by atomic mass is 9.98. The van der Waals surface area contributed by atoms with Crippen molar-refractivity contribution in [2.45, 2.75) is 19.5 Å². The number of carbonyl (C=O) groups is 1. The number of hydrogen-bond acceptors (Lipinski definition) is 5. The summed E-state index contributed by atoms with van der Waals surface area (Å²) in [6.07, 6.45) is -0.471. The van der Waals surface area contributed by atoms with E-state index in [4.69, 9.17) is 9.72 Å². The second kappa shape index (κ2) is 10.7. The largest absolute Gasteiger partial charge is 0.392 e. The van der Waals surface area contributed by atoms with Gasteiger partial charge in [-0.15, -0.1) is 0 Å². The van der Waals surface area contributed by atoms with Crippen LogP contribution in [0.2, 0.25) is 0 Å². The van der Waals surface area contributed by atoms with Crippen LogP contribution in [0.5, 0.6) is 0 Å². The monoisotopic (exact) mass is 544 g/mol. The third kappa shape index (κ3) is 6.22. The van der Waals surface area contributed by atoms with E-state index in [-0.39, 0.29) is 24.4 Å². The summed E-state index contributed by atoms with van der Waals surface area (Å²) in [4.78, 5) is 21.0. The van der Waals surface area contributed by atoms with Gasteiger partial charge >= 0.3 is 12.2 Å². The molecule has 206 valence electrons. The highest BCUT2D eigenvalue weighted by Crippen LogP contribution is 2.34. The second-order valence-corrected chi connectivity index (χ2v) is 9.71. The van der Waals surface area contributed by atoms with Crippen LogP contribution in [0.25, 0.3) is 22.4 Å². The van der Waals surface area contributed by atoms with E-state index in [2.05, 4.69) is 15.3 Å². The average Bonchev–Trinajstić information content (AvgIpc) is 3.54. The lowest BCUT2D eigenvalue weighted by Crippen LogP contribution is -2.36. The first kappa shape index (κ1) is 26.7. The molecule has 2 amide bonds. The molecule has 0 saturated carbocycles. The zero-order valence-electron chi connectivity index (χ0n) is 21.6. The van der Waals surface area contributed by atoms with Crippen LogP contribution in [0.4, 0.5) is 33.9 Å². The summed E-state index contributed by atoms with van der Waals surface area (Å²) >= 11 is 0. The van der Waals surface area contributed by atoms with Crippen LogP contribution < -0.4 is 10.2 Å². The predicted molar refractivity (Wildman–Crippen MR) is 139 cm³/mol. The fourth-order valence-electron chi connectivity index (χ4n) is 4.75. The number of halogens is 4. The molecule has 39 heavy (non-hydrogen) atoms. The van der Waals surface area contributed by atoms with Crippen molar-refractivity contribution >= 4 is 17.5 Å². The van der Waals surface area contributed by atoms with Gasteiger partial charge in [-0.25, -0.2) is 14.2 Å². The summed E-state index contributed by atoms with van der Waals surface area (Å²) in [7, 11) is 1.82. The number of pyridine rings is 1. The standard InChI is InChI=1S/C27H28F4N6O2/c1-17-9-22(28)24(34-26(38)37-4-3-18(15-37)13-27(29,30)31)12-21(17)19-10-23(20-14-32-35(2)16-20)33-25(11-19)36-5-7-39-8-6-36/h3,9-12,14,16H,4-8,13,15H2,1-2H3,(H,34,38). The lowest BCUT2D eigenvalue weighted by molar-refractivity contribution is -0.127. The van der Waals surface area contributed by atoms with Crippen LogP contribution in [-0.4, -0.2) is 71.3 Å². The maximum atomic E-state index is 15.0. The highest BCUT2D eigenvalue weighted by molar-refractivity contribution is 5.91. The van der Waals surface area contributed by atoms with Crippen molar-refractivity contribution in [1.82, 2.24) is 19.7 Å². The van der Waals surface area contributed by atoms with Crippen molar-refractivity contribution in [3.8, 4) is 22.4 Å². The van der Waals surface area contributed by atoms with Crippen LogP contribution in [0.15, 0.2) is 48.3 Å². The van der Waals surface area contributed by atoms with Gasteiger partial charge in [0.1, 0.15) is 11.6 Å². The second-order valence-electron chi connectivity index (χ2n) is 9.71. The van der Waals surface area contributed by atoms with Crippen LogP contribution in [0.1, 0.15) is 12.0 Å². The van der Waals surface area contributed by atoms with Crippen molar-refractivity contribution in [3.05, 3.63) is 59.7 Å². The van der Waals surface area contributed by atoms with E-state index in [1.54, 1.807) is 23.9 Å². The average molecular weight is 545 g/mol. The Balaban J connectivity index is 1.44. The van der Waals surface area contributed by atoms with Gasteiger partial charge in [-0.1, -0.05) is 6.08 Å². The Kier molecular flexibility index (Phi) is 7.30. The molecule has 0 bridgehead atoms. The van der Waals surface area contributed by atoms with E-state index in [1.165, 1.54) is 17.0 Å². The van der Waals surface area contributed by atoms with Gasteiger partial charge in [0, 0.05) is 45.0 Å². The molecule has 8 nitrogen and oxygen atoms in total. The molecule has 1 saturated heterocycles. The molecule has 2 aromatic heterocycles. The van der Waals surface area contributed by atoms with Crippen LogP contribution >= 0.6 is 0 Å². The van der Waals surface area contributed by atoms with E-state index in [0.717, 1.165) is 16.9 Å². The zero-order valence-corrected chi connectivity index (χ0v) is 21.6. The molecule has 0 aliphatic carbocycles. The molecule has 0 atom stereocenters. The quantitative estimate of drug-likeness (QED) is 0.355. The summed E-state index contributed by atoms with van der Waals surface area (Å²) in [5.41, 5.74) is 3.67. The Bertz CT molecular complexity index is 1410. The van der Waals surface area contributed by atoms with Crippen molar-refractivity contribution in [2.24, 2.45) is 7.05 Å². The molecule has 3 aromatic rings. The van der Waals surface area contributed by atoms with E-state index in [0.29, 0.717) is 43.1 Å². The van der Waals surface area contributed by atoms with Crippen molar-refractivity contribution < 1.29 is 27.1 Å². The summed E-state index contributed by atoms with van der Waals surface area (Å²) in [5.74, 6) is 0.103. The summed E-state index contributed by atoms with van der Waals surface area (Å²) < 4.78 is 60.3. The topological polar surface area (TPSA) is 75.5 Å². The Morgan fingerprint density at radius 1 is 1.13 bits per heavy atom. The van der Waals surface area contributed by atoms with Gasteiger partial charge in [0.2, 0.25) is 0 Å². The highest BCUT2D eigenvalue weighted by Gasteiger charge is 2.32. The van der Waals surface area contributed by atoms with Gasteiger partial charge < -0.3 is 19.9 Å². The minimum atomic E-state index is -4.35. The Hall–Kier alpha value is -3.93. The molecule has 12 heteroatoms. The number of amides is 2. The number of alkyl halides is 3. The van der Waals surface area contributed by atoms with E-state index in [1.807, 2.05) is 25.4 Å². The van der Waals surface area contributed by atoms with Gasteiger partial charge in [0.15, 0.2) is 0 Å². The molecular weight excluding hydrogens is 516 g/mol. The molecule has 2 aliphatic rings. The fraction of sp³-hybridized carbons (Fsp3) is 0.370. The molecule has 1 aromatic carbocycles. The van der Waals surface area contributed by atoms with Crippen molar-refractivity contribution in [2.75, 3.05) is 49.6 Å². The highest BCUT2D eigenvalue weighted by atomic mass is 19.4. The Morgan fingerprint density at radius 3 is 2.59 bits per heavy atom. The number of aromatic nitrogens is 3. The normalized spacial score (nSPS) is 16.0. The molecular formula is C27H28F4N6O2. The Morgan fingerprint density at radius 2 is 1.90 bits per heavy atom. The fourth-order valence-corrected chi connectivity index (χ4v) is 4.75. The number of rotatable bonds is 5. The van der Waals surface area contributed by atoms with Crippen LogP contribution in [0.3, 0.4) is 0 Å². The number of benzene rings is 1. The molecule has 0 unspecified atom stereocenters. The lowest BCUT2D eigenvalue weighted by Gasteiger charge is -2.28. The van der Waals surface area contributed by atoms with Gasteiger partial charge in [-0.05, 0) is 53.5 Å². The predicted octanol–water partition coefficient (Wildman–Crippen LogP) is 5.16. The minimum absolute atomic E-state index is 0.0271. The molecule has 0 spiro atoms. The number of anilines is 2. The number of carbonyl (C=O) groups excluding carboxylic acids is 1. The minimum Gasteiger partial charge on any atom is -0.378 e. The number of nitrogens with one attached hydrogen (secondary N) is 1.